The quantitative estimate of drug-likeness (QED) is 0.279. The molecule has 182 valence electrons. The number of ether oxygens (including phenoxy) is 1. The zero-order valence-electron chi connectivity index (χ0n) is 19.6. The molecule has 1 heterocycles. The van der Waals surface area contributed by atoms with Crippen LogP contribution in [0.2, 0.25) is 0 Å². The van der Waals surface area contributed by atoms with Gasteiger partial charge < -0.3 is 25.4 Å². The van der Waals surface area contributed by atoms with Gasteiger partial charge in [-0.15, -0.1) is 0 Å². The zero-order chi connectivity index (χ0) is 24.2. The van der Waals surface area contributed by atoms with E-state index in [1.165, 1.54) is 0 Å². The highest BCUT2D eigenvalue weighted by molar-refractivity contribution is 5.95. The van der Waals surface area contributed by atoms with Crippen LogP contribution in [0.3, 0.4) is 0 Å². The van der Waals surface area contributed by atoms with Crippen LogP contribution in [0.15, 0.2) is 59.6 Å². The van der Waals surface area contributed by atoms with Crippen molar-refractivity contribution in [3.05, 3.63) is 65.7 Å². The van der Waals surface area contributed by atoms with Crippen LogP contribution >= 0.6 is 0 Å². The molecule has 1 saturated heterocycles. The molecule has 0 radical (unpaired) electrons. The predicted octanol–water partition coefficient (Wildman–Crippen LogP) is 2.12. The Balaban J connectivity index is 1.62. The molecule has 3 rings (SSSR count). The average Bonchev–Trinajstić information content (AvgIpc) is 2.86. The van der Waals surface area contributed by atoms with Gasteiger partial charge in [-0.3, -0.25) is 9.69 Å². The van der Waals surface area contributed by atoms with Gasteiger partial charge in [0.15, 0.2) is 5.96 Å². The molecule has 1 aliphatic heterocycles. The Kier molecular flexibility index (Phi) is 9.87. The third-order valence-electron chi connectivity index (χ3n) is 5.51. The van der Waals surface area contributed by atoms with E-state index in [0.717, 1.165) is 25.1 Å². The smallest absolute Gasteiger partial charge is 0.335 e. The summed E-state index contributed by atoms with van der Waals surface area (Å²) in [5.74, 6) is -0.262. The predicted molar refractivity (Wildman–Crippen MR) is 132 cm³/mol. The number of anilines is 1. The maximum atomic E-state index is 12.2. The molecule has 0 bridgehead atoms. The molecule has 0 atom stereocenters. The van der Waals surface area contributed by atoms with Crippen molar-refractivity contribution in [1.29, 1.82) is 0 Å². The molecule has 2 aromatic rings. The summed E-state index contributed by atoms with van der Waals surface area (Å²) in [7, 11) is 1.65. The van der Waals surface area contributed by atoms with E-state index < -0.39 is 5.97 Å². The molecular formula is C25H33N5O4. The number of hydrogen-bond donors (Lipinski definition) is 3. The highest BCUT2D eigenvalue weighted by atomic mass is 16.5. The van der Waals surface area contributed by atoms with Crippen molar-refractivity contribution >= 4 is 23.5 Å². The first-order valence-electron chi connectivity index (χ1n) is 11.5. The first-order valence-corrected chi connectivity index (χ1v) is 11.5. The molecular weight excluding hydrogens is 434 g/mol. The number of carbonyl (C=O) groups is 2. The van der Waals surface area contributed by atoms with Gasteiger partial charge in [-0.2, -0.15) is 0 Å². The van der Waals surface area contributed by atoms with Crippen LogP contribution in [0, 0.1) is 0 Å². The number of methoxy groups -OCH3 is 1. The lowest BCUT2D eigenvalue weighted by Crippen LogP contribution is -2.52. The monoisotopic (exact) mass is 467 g/mol. The van der Waals surface area contributed by atoms with Gasteiger partial charge >= 0.3 is 5.97 Å². The molecule has 9 heteroatoms. The Hall–Kier alpha value is -3.43. The van der Waals surface area contributed by atoms with Crippen LogP contribution in [0.25, 0.3) is 0 Å². The number of aliphatic imine (C=N–C) groups is 1. The fourth-order valence-corrected chi connectivity index (χ4v) is 3.65. The van der Waals surface area contributed by atoms with Crippen molar-refractivity contribution in [2.24, 2.45) is 4.99 Å². The second-order valence-electron chi connectivity index (χ2n) is 8.10. The fraction of sp³-hybridized carbons (Fsp3) is 0.400. The Morgan fingerprint density at radius 2 is 1.82 bits per heavy atom. The SMILES string of the molecule is COCCCNC(=O)CN1CCN(C(=NCc2ccccc2)Nc2cccc(C(=O)O)c2)CC1. The van der Waals surface area contributed by atoms with Crippen molar-refractivity contribution in [1.82, 2.24) is 15.1 Å². The third kappa shape index (κ3) is 8.17. The van der Waals surface area contributed by atoms with Crippen LogP contribution in [-0.2, 0) is 16.1 Å². The van der Waals surface area contributed by atoms with Gasteiger partial charge in [-0.1, -0.05) is 36.4 Å². The average molecular weight is 468 g/mol. The standard InChI is InChI=1S/C25H33N5O4/c1-34-16-6-11-26-23(31)19-29-12-14-30(15-13-29)25(27-18-20-7-3-2-4-8-20)28-22-10-5-9-21(17-22)24(32)33/h2-5,7-10,17H,6,11-16,18-19H2,1H3,(H,26,31)(H,27,28)(H,32,33). The first-order chi connectivity index (χ1) is 16.5. The number of hydrogen-bond acceptors (Lipinski definition) is 5. The summed E-state index contributed by atoms with van der Waals surface area (Å²) in [4.78, 5) is 32.6. The number of guanidine groups is 1. The minimum atomic E-state index is -0.972. The largest absolute Gasteiger partial charge is 0.478 e. The van der Waals surface area contributed by atoms with E-state index in [9.17, 15) is 14.7 Å². The minimum absolute atomic E-state index is 0.0196. The summed E-state index contributed by atoms with van der Waals surface area (Å²) in [6, 6.07) is 16.7. The van der Waals surface area contributed by atoms with Gasteiger partial charge in [0.1, 0.15) is 0 Å². The summed E-state index contributed by atoms with van der Waals surface area (Å²) in [5.41, 5.74) is 1.98. The molecule has 9 nitrogen and oxygen atoms in total. The molecule has 1 aliphatic rings. The van der Waals surface area contributed by atoms with Crippen LogP contribution in [0.5, 0.6) is 0 Å². The maximum absolute atomic E-state index is 12.2. The maximum Gasteiger partial charge on any atom is 0.335 e. The summed E-state index contributed by atoms with van der Waals surface area (Å²) in [6.45, 7) is 4.98. The van der Waals surface area contributed by atoms with E-state index in [1.807, 2.05) is 36.4 Å². The lowest BCUT2D eigenvalue weighted by atomic mass is 10.2. The van der Waals surface area contributed by atoms with Gasteiger partial charge in [0.2, 0.25) is 5.91 Å². The summed E-state index contributed by atoms with van der Waals surface area (Å²) in [5, 5.41) is 15.6. The number of carbonyl (C=O) groups excluding carboxylic acids is 1. The fourth-order valence-electron chi connectivity index (χ4n) is 3.65. The Bertz CT molecular complexity index is 959. The van der Waals surface area contributed by atoms with E-state index in [1.54, 1.807) is 25.3 Å². The molecule has 1 amide bonds. The number of nitrogens with zero attached hydrogens (tertiary/aromatic N) is 3. The van der Waals surface area contributed by atoms with Crippen molar-refractivity contribution in [2.45, 2.75) is 13.0 Å². The second-order valence-corrected chi connectivity index (χ2v) is 8.10. The normalized spacial score (nSPS) is 14.6. The van der Waals surface area contributed by atoms with Gasteiger partial charge in [-0.05, 0) is 30.2 Å². The van der Waals surface area contributed by atoms with Crippen LogP contribution < -0.4 is 10.6 Å². The molecule has 34 heavy (non-hydrogen) atoms. The Morgan fingerprint density at radius 3 is 2.53 bits per heavy atom. The molecule has 3 N–H and O–H groups in total. The number of nitrogens with one attached hydrogen (secondary N) is 2. The number of carboxylic acids is 1. The van der Waals surface area contributed by atoms with E-state index in [0.29, 0.717) is 51.0 Å². The van der Waals surface area contributed by atoms with Crippen molar-refractivity contribution in [3.8, 4) is 0 Å². The highest BCUT2D eigenvalue weighted by Crippen LogP contribution is 2.14. The molecule has 1 fully saturated rings. The van der Waals surface area contributed by atoms with Gasteiger partial charge in [0, 0.05) is 52.1 Å². The number of rotatable bonds is 10. The summed E-state index contributed by atoms with van der Waals surface area (Å²) in [6.07, 6.45) is 0.798. The van der Waals surface area contributed by atoms with Gasteiger partial charge in [0.25, 0.3) is 0 Å². The number of carboxylic acid groups (broad SMARTS) is 1. The number of benzene rings is 2. The minimum Gasteiger partial charge on any atom is -0.478 e. The Morgan fingerprint density at radius 1 is 1.06 bits per heavy atom. The van der Waals surface area contributed by atoms with E-state index in [-0.39, 0.29) is 11.5 Å². The second kappa shape index (κ2) is 13.3. The molecule has 0 spiro atoms. The van der Waals surface area contributed by atoms with E-state index >= 15 is 0 Å². The van der Waals surface area contributed by atoms with Crippen molar-refractivity contribution in [3.63, 3.8) is 0 Å². The zero-order valence-corrected chi connectivity index (χ0v) is 19.6. The number of amides is 1. The lowest BCUT2D eigenvalue weighted by molar-refractivity contribution is -0.122. The van der Waals surface area contributed by atoms with Crippen molar-refractivity contribution < 1.29 is 19.4 Å². The molecule has 0 unspecified atom stereocenters. The lowest BCUT2D eigenvalue weighted by Gasteiger charge is -2.36. The summed E-state index contributed by atoms with van der Waals surface area (Å²) < 4.78 is 5.00. The topological polar surface area (TPSA) is 107 Å². The van der Waals surface area contributed by atoms with Gasteiger partial charge in [-0.25, -0.2) is 9.79 Å². The van der Waals surface area contributed by atoms with E-state index in [2.05, 4.69) is 20.4 Å². The van der Waals surface area contributed by atoms with E-state index in [4.69, 9.17) is 9.73 Å². The molecule has 2 aromatic carbocycles. The number of aromatic carboxylic acids is 1. The number of piperazine rings is 1. The highest BCUT2D eigenvalue weighted by Gasteiger charge is 2.21. The first kappa shape index (κ1) is 25.2. The molecule has 0 aromatic heterocycles. The van der Waals surface area contributed by atoms with Crippen LogP contribution in [-0.4, -0.2) is 85.7 Å². The van der Waals surface area contributed by atoms with Crippen LogP contribution in [0.1, 0.15) is 22.3 Å². The Labute approximate surface area is 200 Å². The van der Waals surface area contributed by atoms with Crippen molar-refractivity contribution in [2.75, 3.05) is 58.3 Å². The van der Waals surface area contributed by atoms with Gasteiger partial charge in [0.05, 0.1) is 18.7 Å². The molecule has 0 aliphatic carbocycles. The molecule has 0 saturated carbocycles. The third-order valence-corrected chi connectivity index (χ3v) is 5.51. The van der Waals surface area contributed by atoms with Crippen LogP contribution in [0.4, 0.5) is 5.69 Å². The summed E-state index contributed by atoms with van der Waals surface area (Å²) >= 11 is 0.